The van der Waals surface area contributed by atoms with E-state index in [-0.39, 0.29) is 23.9 Å². The topological polar surface area (TPSA) is 133 Å². The minimum atomic E-state index is -2.05. The average Bonchev–Trinajstić information content (AvgIpc) is 2.85. The summed E-state index contributed by atoms with van der Waals surface area (Å²) in [6, 6.07) is 8.27. The van der Waals surface area contributed by atoms with Crippen molar-refractivity contribution in [3.8, 4) is 0 Å². The van der Waals surface area contributed by atoms with Crippen LogP contribution < -0.4 is 11.5 Å². The van der Waals surface area contributed by atoms with Crippen molar-refractivity contribution in [3.63, 3.8) is 0 Å². The number of aliphatic hydroxyl groups excluding tert-OH is 3. The zero-order chi connectivity index (χ0) is 32.0. The molecular formula is C35H58N2O4. The zero-order valence-corrected chi connectivity index (χ0v) is 27.8. The van der Waals surface area contributed by atoms with Gasteiger partial charge in [-0.15, -0.1) is 0 Å². The van der Waals surface area contributed by atoms with Crippen molar-refractivity contribution in [1.82, 2.24) is 0 Å². The molecule has 0 unspecified atom stereocenters. The van der Waals surface area contributed by atoms with E-state index in [1.165, 1.54) is 0 Å². The second kappa shape index (κ2) is 11.7. The SMILES string of the molecule is CC(C)(C)c1cc(CN)c(C(O)(c2c(CN)cc(C(C)(C)C)cc2C(C)(C)C)C(CO)(CO)CO)c(C(C)(C)C)c1. The van der Waals surface area contributed by atoms with Crippen molar-refractivity contribution in [2.24, 2.45) is 16.9 Å². The van der Waals surface area contributed by atoms with Crippen molar-refractivity contribution in [1.29, 1.82) is 0 Å². The van der Waals surface area contributed by atoms with Gasteiger partial charge in [0.25, 0.3) is 0 Å². The number of nitrogens with two attached hydrogens (primary N) is 2. The Kier molecular flexibility index (Phi) is 10.1. The van der Waals surface area contributed by atoms with Crippen LogP contribution in [-0.2, 0) is 40.4 Å². The largest absolute Gasteiger partial charge is 0.395 e. The summed E-state index contributed by atoms with van der Waals surface area (Å²) in [5.41, 5.74) is 14.1. The van der Waals surface area contributed by atoms with Crippen LogP contribution in [0.5, 0.6) is 0 Å². The second-order valence-corrected chi connectivity index (χ2v) is 16.0. The number of benzene rings is 2. The van der Waals surface area contributed by atoms with E-state index in [9.17, 15) is 20.4 Å². The van der Waals surface area contributed by atoms with Crippen molar-refractivity contribution >= 4 is 0 Å². The smallest absolute Gasteiger partial charge is 0.128 e. The summed E-state index contributed by atoms with van der Waals surface area (Å²) in [6.45, 7) is 23.5. The van der Waals surface area contributed by atoms with Crippen LogP contribution in [-0.4, -0.2) is 40.2 Å². The molecule has 0 aromatic heterocycles. The molecule has 6 nitrogen and oxygen atoms in total. The van der Waals surface area contributed by atoms with Crippen LogP contribution >= 0.6 is 0 Å². The van der Waals surface area contributed by atoms with Crippen molar-refractivity contribution in [2.75, 3.05) is 19.8 Å². The van der Waals surface area contributed by atoms with E-state index in [4.69, 9.17) is 11.5 Å². The highest BCUT2D eigenvalue weighted by Crippen LogP contribution is 2.54. The van der Waals surface area contributed by atoms with Gasteiger partial charge in [0.15, 0.2) is 0 Å². The van der Waals surface area contributed by atoms with Crippen LogP contribution in [0.3, 0.4) is 0 Å². The molecule has 2 aromatic carbocycles. The van der Waals surface area contributed by atoms with Crippen LogP contribution in [0.4, 0.5) is 0 Å². The van der Waals surface area contributed by atoms with Crippen LogP contribution in [0.2, 0.25) is 0 Å². The van der Waals surface area contributed by atoms with Gasteiger partial charge in [-0.2, -0.15) is 0 Å². The van der Waals surface area contributed by atoms with Gasteiger partial charge < -0.3 is 31.9 Å². The van der Waals surface area contributed by atoms with Gasteiger partial charge in [0, 0.05) is 13.1 Å². The lowest BCUT2D eigenvalue weighted by molar-refractivity contribution is -0.138. The molecule has 6 heteroatoms. The lowest BCUT2D eigenvalue weighted by atomic mass is 9.58. The molecule has 0 bridgehead atoms. The minimum Gasteiger partial charge on any atom is -0.395 e. The zero-order valence-electron chi connectivity index (χ0n) is 27.8. The van der Waals surface area contributed by atoms with Crippen LogP contribution in [0.25, 0.3) is 0 Å². The predicted octanol–water partition coefficient (Wildman–Crippen LogP) is 4.99. The van der Waals surface area contributed by atoms with E-state index in [1.807, 2.05) is 12.1 Å². The number of hydrogen-bond acceptors (Lipinski definition) is 6. The Morgan fingerprint density at radius 2 is 0.805 bits per heavy atom. The van der Waals surface area contributed by atoms with Gasteiger partial charge in [-0.25, -0.2) is 0 Å². The Hall–Kier alpha value is -1.80. The number of aliphatic hydroxyl groups is 4. The first-order valence-electron chi connectivity index (χ1n) is 14.8. The Balaban J connectivity index is 3.47. The van der Waals surface area contributed by atoms with Gasteiger partial charge in [0.1, 0.15) is 5.60 Å². The van der Waals surface area contributed by atoms with Crippen LogP contribution in [0, 0.1) is 5.41 Å². The molecule has 0 aliphatic heterocycles. The maximum absolute atomic E-state index is 13.6. The fraction of sp³-hybridized carbons (Fsp3) is 0.657. The Morgan fingerprint density at radius 3 is 1.00 bits per heavy atom. The first kappa shape index (κ1) is 35.4. The molecule has 232 valence electrons. The van der Waals surface area contributed by atoms with E-state index < -0.39 is 41.7 Å². The van der Waals surface area contributed by atoms with Crippen LogP contribution in [0.1, 0.15) is 128 Å². The standard InChI is InChI=1S/C35H58N2O4/c1-30(2,3)24-13-22(17-36)28(26(15-24)32(7,8)9)35(41,34(19-38,20-39)21-40)29-23(18-37)14-25(31(4,5)6)16-27(29)33(10,11)12/h13-16,38-41H,17-21,36-37H2,1-12H3. The van der Waals surface area contributed by atoms with E-state index in [0.717, 1.165) is 22.3 Å². The van der Waals surface area contributed by atoms with E-state index in [0.29, 0.717) is 22.3 Å². The molecule has 0 saturated heterocycles. The Morgan fingerprint density at radius 1 is 0.512 bits per heavy atom. The third kappa shape index (κ3) is 6.43. The summed E-state index contributed by atoms with van der Waals surface area (Å²) in [5, 5.41) is 46.5. The van der Waals surface area contributed by atoms with Gasteiger partial charge in [-0.3, -0.25) is 0 Å². The van der Waals surface area contributed by atoms with Gasteiger partial charge >= 0.3 is 0 Å². The molecule has 0 atom stereocenters. The molecule has 0 fully saturated rings. The summed E-state index contributed by atoms with van der Waals surface area (Å²) in [4.78, 5) is 0. The maximum Gasteiger partial charge on any atom is 0.128 e. The lowest BCUT2D eigenvalue weighted by Crippen LogP contribution is -2.56. The van der Waals surface area contributed by atoms with Crippen molar-refractivity contribution in [3.05, 3.63) is 68.8 Å². The van der Waals surface area contributed by atoms with Crippen LogP contribution in [0.15, 0.2) is 24.3 Å². The summed E-state index contributed by atoms with van der Waals surface area (Å²) >= 11 is 0. The van der Waals surface area contributed by atoms with Crippen molar-refractivity contribution in [2.45, 2.75) is 123 Å². The molecule has 2 aromatic rings. The molecule has 0 saturated carbocycles. The quantitative estimate of drug-likeness (QED) is 0.265. The predicted molar refractivity (Wildman–Crippen MR) is 170 cm³/mol. The molecule has 0 spiro atoms. The summed E-state index contributed by atoms with van der Waals surface area (Å²) in [7, 11) is 0. The van der Waals surface area contributed by atoms with Gasteiger partial charge in [0.2, 0.25) is 0 Å². The molecule has 41 heavy (non-hydrogen) atoms. The molecule has 0 aliphatic rings. The Bertz CT molecular complexity index is 1130. The summed E-state index contributed by atoms with van der Waals surface area (Å²) < 4.78 is 0. The van der Waals surface area contributed by atoms with Gasteiger partial charge in [-0.1, -0.05) is 107 Å². The monoisotopic (exact) mass is 570 g/mol. The summed E-state index contributed by atoms with van der Waals surface area (Å²) in [6.07, 6.45) is 0. The Labute approximate surface area is 249 Å². The van der Waals surface area contributed by atoms with Crippen molar-refractivity contribution < 1.29 is 20.4 Å². The maximum atomic E-state index is 13.6. The van der Waals surface area contributed by atoms with E-state index in [1.54, 1.807) is 0 Å². The number of hydrogen-bond donors (Lipinski definition) is 6. The normalized spacial score (nSPS) is 14.1. The third-order valence-electron chi connectivity index (χ3n) is 8.63. The highest BCUT2D eigenvalue weighted by molar-refractivity contribution is 5.58. The minimum absolute atomic E-state index is 0.117. The highest BCUT2D eigenvalue weighted by Gasteiger charge is 2.56. The number of rotatable bonds is 8. The van der Waals surface area contributed by atoms with E-state index in [2.05, 4.69) is 95.2 Å². The van der Waals surface area contributed by atoms with E-state index >= 15 is 0 Å². The molecule has 8 N–H and O–H groups in total. The fourth-order valence-corrected chi connectivity index (χ4v) is 5.78. The molecular weight excluding hydrogens is 512 g/mol. The molecule has 0 amide bonds. The van der Waals surface area contributed by atoms with Gasteiger partial charge in [-0.05, 0) is 66.2 Å². The highest BCUT2D eigenvalue weighted by atomic mass is 16.3. The molecule has 2 rings (SSSR count). The first-order chi connectivity index (χ1) is 18.5. The second-order valence-electron chi connectivity index (χ2n) is 16.0. The first-order valence-corrected chi connectivity index (χ1v) is 14.8. The summed E-state index contributed by atoms with van der Waals surface area (Å²) in [5.74, 6) is 0. The lowest BCUT2D eigenvalue weighted by Gasteiger charge is -2.50. The molecule has 0 radical (unpaired) electrons. The third-order valence-corrected chi connectivity index (χ3v) is 8.63. The fourth-order valence-electron chi connectivity index (χ4n) is 5.78. The molecule has 0 aliphatic carbocycles. The van der Waals surface area contributed by atoms with Gasteiger partial charge in [0.05, 0.1) is 25.2 Å². The average molecular weight is 571 g/mol. The molecule has 0 heterocycles.